The van der Waals surface area contributed by atoms with Crippen molar-refractivity contribution in [1.82, 2.24) is 10.6 Å². The summed E-state index contributed by atoms with van der Waals surface area (Å²) in [6, 6.07) is 10.1. The number of amides is 2. The molecular formula is C17H24N2O4S. The number of carbonyl (C=O) groups excluding carboxylic acids is 2. The third-order valence-electron chi connectivity index (χ3n) is 3.85. The van der Waals surface area contributed by atoms with E-state index >= 15 is 0 Å². The number of hydrogen-bond donors (Lipinski definition) is 2. The number of ether oxygens (including phenoxy) is 2. The fraction of sp³-hybridized carbons (Fsp3) is 0.529. The van der Waals surface area contributed by atoms with E-state index in [1.165, 1.54) is 0 Å². The van der Waals surface area contributed by atoms with E-state index in [4.69, 9.17) is 9.47 Å². The number of nitrogens with one attached hydrogen (secondary N) is 2. The second-order valence-electron chi connectivity index (χ2n) is 5.64. The predicted molar refractivity (Wildman–Crippen MR) is 93.0 cm³/mol. The molecule has 132 valence electrons. The second kappa shape index (κ2) is 9.66. The number of hydrogen-bond acceptors (Lipinski definition) is 5. The predicted octanol–water partition coefficient (Wildman–Crippen LogP) is 1.21. The van der Waals surface area contributed by atoms with E-state index in [0.29, 0.717) is 32.9 Å². The van der Waals surface area contributed by atoms with Crippen LogP contribution in [-0.4, -0.2) is 56.6 Å². The molecule has 0 saturated carbocycles. The molecule has 0 bridgehead atoms. The van der Waals surface area contributed by atoms with Gasteiger partial charge in [0.05, 0.1) is 6.61 Å². The molecule has 24 heavy (non-hydrogen) atoms. The van der Waals surface area contributed by atoms with Crippen molar-refractivity contribution < 1.29 is 19.1 Å². The lowest BCUT2D eigenvalue weighted by Crippen LogP contribution is -2.48. The molecule has 1 saturated heterocycles. The maximum absolute atomic E-state index is 12.0. The molecule has 1 aliphatic rings. The van der Waals surface area contributed by atoms with Crippen LogP contribution in [-0.2, 0) is 19.1 Å². The highest BCUT2D eigenvalue weighted by atomic mass is 32.2. The molecule has 1 fully saturated rings. The lowest BCUT2D eigenvalue weighted by molar-refractivity contribution is -0.139. The molecule has 0 spiro atoms. The molecule has 0 aliphatic carbocycles. The van der Waals surface area contributed by atoms with Crippen molar-refractivity contribution in [3.05, 3.63) is 30.3 Å². The molecule has 2 rings (SSSR count). The molecule has 1 aromatic carbocycles. The minimum absolute atomic E-state index is 0.151. The van der Waals surface area contributed by atoms with Crippen LogP contribution in [0.25, 0.3) is 0 Å². The highest BCUT2D eigenvalue weighted by molar-refractivity contribution is 8.00. The number of rotatable bonds is 7. The summed E-state index contributed by atoms with van der Waals surface area (Å²) >= 11 is 1.74. The fourth-order valence-electron chi connectivity index (χ4n) is 2.47. The van der Waals surface area contributed by atoms with Gasteiger partial charge in [0.2, 0.25) is 0 Å². The van der Waals surface area contributed by atoms with Crippen molar-refractivity contribution in [1.29, 1.82) is 0 Å². The van der Waals surface area contributed by atoms with Gasteiger partial charge in [-0.05, 0) is 25.0 Å². The molecule has 1 aliphatic heterocycles. The number of thioether (sulfide) groups is 1. The Bertz CT molecular complexity index is 533. The summed E-state index contributed by atoms with van der Waals surface area (Å²) in [7, 11) is 1.54. The van der Waals surface area contributed by atoms with Crippen LogP contribution in [0.4, 0.5) is 0 Å². The monoisotopic (exact) mass is 352 g/mol. The molecule has 7 heteroatoms. The molecule has 0 atom stereocenters. The topological polar surface area (TPSA) is 76.7 Å². The van der Waals surface area contributed by atoms with E-state index in [1.54, 1.807) is 18.9 Å². The first-order chi connectivity index (χ1) is 11.7. The van der Waals surface area contributed by atoms with Crippen LogP contribution in [0.5, 0.6) is 0 Å². The van der Waals surface area contributed by atoms with E-state index in [0.717, 1.165) is 17.7 Å². The summed E-state index contributed by atoms with van der Waals surface area (Å²) in [5.41, 5.74) is 0. The first kappa shape index (κ1) is 18.8. The maximum Gasteiger partial charge on any atom is 0.309 e. The van der Waals surface area contributed by atoms with Gasteiger partial charge in [-0.25, -0.2) is 0 Å². The van der Waals surface area contributed by atoms with Gasteiger partial charge in [-0.3, -0.25) is 9.59 Å². The van der Waals surface area contributed by atoms with Crippen LogP contribution in [0.3, 0.4) is 0 Å². The van der Waals surface area contributed by atoms with Gasteiger partial charge in [-0.2, -0.15) is 0 Å². The summed E-state index contributed by atoms with van der Waals surface area (Å²) < 4.78 is 10.2. The van der Waals surface area contributed by atoms with Crippen molar-refractivity contribution in [3.8, 4) is 0 Å². The average Bonchev–Trinajstić information content (AvgIpc) is 2.61. The Morgan fingerprint density at radius 1 is 1.17 bits per heavy atom. The summed E-state index contributed by atoms with van der Waals surface area (Å²) in [4.78, 5) is 24.9. The second-order valence-corrected chi connectivity index (χ2v) is 7.18. The quantitative estimate of drug-likeness (QED) is 0.570. The molecule has 0 unspecified atom stereocenters. The molecule has 1 aromatic rings. The molecule has 6 nitrogen and oxygen atoms in total. The first-order valence-electron chi connectivity index (χ1n) is 8.02. The SMILES string of the molecule is COCCNC(=O)C(=O)NCC1(Sc2ccccc2)CCOCC1. The third-order valence-corrected chi connectivity index (χ3v) is 5.34. The van der Waals surface area contributed by atoms with Crippen molar-refractivity contribution in [2.24, 2.45) is 0 Å². The Morgan fingerprint density at radius 2 is 1.83 bits per heavy atom. The Labute approximate surface area is 146 Å². The van der Waals surface area contributed by atoms with Crippen molar-refractivity contribution in [3.63, 3.8) is 0 Å². The maximum atomic E-state index is 12.0. The van der Waals surface area contributed by atoms with E-state index in [1.807, 2.05) is 18.2 Å². The lowest BCUT2D eigenvalue weighted by Gasteiger charge is -2.36. The Kier molecular flexibility index (Phi) is 7.55. The average molecular weight is 352 g/mol. The summed E-state index contributed by atoms with van der Waals surface area (Å²) in [5.74, 6) is -1.23. The normalized spacial score (nSPS) is 16.4. The van der Waals surface area contributed by atoms with Crippen LogP contribution < -0.4 is 10.6 Å². The molecule has 2 N–H and O–H groups in total. The van der Waals surface area contributed by atoms with Crippen molar-refractivity contribution in [2.75, 3.05) is 40.0 Å². The minimum atomic E-state index is -0.626. The van der Waals surface area contributed by atoms with Gasteiger partial charge in [0.25, 0.3) is 0 Å². The minimum Gasteiger partial charge on any atom is -0.383 e. The van der Waals surface area contributed by atoms with Gasteiger partial charge in [0.15, 0.2) is 0 Å². The zero-order chi connectivity index (χ0) is 17.3. The molecule has 0 aromatic heterocycles. The summed E-state index contributed by atoms with van der Waals surface area (Å²) in [6.07, 6.45) is 1.66. The van der Waals surface area contributed by atoms with E-state index in [9.17, 15) is 9.59 Å². The number of methoxy groups -OCH3 is 1. The highest BCUT2D eigenvalue weighted by Crippen LogP contribution is 2.39. The standard InChI is InChI=1S/C17H24N2O4S/c1-22-12-9-18-15(20)16(21)19-13-17(7-10-23-11-8-17)24-14-5-3-2-4-6-14/h2-6H,7-13H2,1H3,(H,18,20)(H,19,21). The van der Waals surface area contributed by atoms with E-state index in [2.05, 4.69) is 22.8 Å². The first-order valence-corrected chi connectivity index (χ1v) is 8.84. The molecule has 0 radical (unpaired) electrons. The zero-order valence-corrected chi connectivity index (χ0v) is 14.7. The Balaban J connectivity index is 1.91. The van der Waals surface area contributed by atoms with Gasteiger partial charge in [0.1, 0.15) is 0 Å². The van der Waals surface area contributed by atoms with E-state index in [-0.39, 0.29) is 4.75 Å². The van der Waals surface area contributed by atoms with Crippen LogP contribution >= 0.6 is 11.8 Å². The lowest BCUT2D eigenvalue weighted by atomic mass is 9.99. The Hall–Kier alpha value is -1.57. The molecule has 2 amide bonds. The molecular weight excluding hydrogens is 328 g/mol. The van der Waals surface area contributed by atoms with Gasteiger partial charge in [0, 0.05) is 43.1 Å². The fourth-order valence-corrected chi connectivity index (χ4v) is 3.77. The van der Waals surface area contributed by atoms with Crippen molar-refractivity contribution >= 4 is 23.6 Å². The Morgan fingerprint density at radius 3 is 2.50 bits per heavy atom. The summed E-state index contributed by atoms with van der Waals surface area (Å²) in [6.45, 7) is 2.46. The van der Waals surface area contributed by atoms with Gasteiger partial charge < -0.3 is 20.1 Å². The number of carbonyl (C=O) groups is 2. The highest BCUT2D eigenvalue weighted by Gasteiger charge is 2.34. The van der Waals surface area contributed by atoms with Crippen LogP contribution in [0.2, 0.25) is 0 Å². The van der Waals surface area contributed by atoms with Crippen molar-refractivity contribution in [2.45, 2.75) is 22.5 Å². The zero-order valence-electron chi connectivity index (χ0n) is 13.9. The van der Waals surface area contributed by atoms with E-state index < -0.39 is 11.8 Å². The smallest absolute Gasteiger partial charge is 0.309 e. The molecule has 1 heterocycles. The van der Waals surface area contributed by atoms with Crippen LogP contribution in [0.1, 0.15) is 12.8 Å². The van der Waals surface area contributed by atoms with Gasteiger partial charge in [-0.15, -0.1) is 11.8 Å². The largest absolute Gasteiger partial charge is 0.383 e. The third kappa shape index (κ3) is 5.81. The summed E-state index contributed by atoms with van der Waals surface area (Å²) in [5, 5.41) is 5.30. The van der Waals surface area contributed by atoms with Gasteiger partial charge in [-0.1, -0.05) is 18.2 Å². The van der Waals surface area contributed by atoms with Crippen LogP contribution in [0, 0.1) is 0 Å². The number of benzene rings is 1. The van der Waals surface area contributed by atoms with Crippen LogP contribution in [0.15, 0.2) is 35.2 Å². The van der Waals surface area contributed by atoms with Gasteiger partial charge >= 0.3 is 11.8 Å².